The number of hydrogen-bond acceptors (Lipinski definition) is 5. The van der Waals surface area contributed by atoms with E-state index in [2.05, 4.69) is 10.3 Å². The second kappa shape index (κ2) is 7.59. The Hall–Kier alpha value is -2.18. The molecule has 0 radical (unpaired) electrons. The van der Waals surface area contributed by atoms with Gasteiger partial charge in [-0.15, -0.1) is 11.3 Å². The topological polar surface area (TPSA) is 51.2 Å². The second-order valence-electron chi connectivity index (χ2n) is 5.26. The van der Waals surface area contributed by atoms with E-state index in [1.807, 2.05) is 53.4 Å². The summed E-state index contributed by atoms with van der Waals surface area (Å²) in [6.45, 7) is 2.05. The van der Waals surface area contributed by atoms with Gasteiger partial charge in [0.05, 0.1) is 13.2 Å². The van der Waals surface area contributed by atoms with Crippen LogP contribution < -0.4 is 10.1 Å². The Kier molecular flexibility index (Phi) is 5.27. The summed E-state index contributed by atoms with van der Waals surface area (Å²) >= 11 is 3.11. The van der Waals surface area contributed by atoms with Crippen molar-refractivity contribution in [2.24, 2.45) is 0 Å². The molecule has 4 nitrogen and oxygen atoms in total. The fourth-order valence-corrected chi connectivity index (χ4v) is 3.90. The zero-order chi connectivity index (χ0) is 16.9. The van der Waals surface area contributed by atoms with Gasteiger partial charge in [-0.1, -0.05) is 19.1 Å². The molecule has 0 aliphatic carbocycles. The highest BCUT2D eigenvalue weighted by atomic mass is 32.1. The quantitative estimate of drug-likeness (QED) is 0.691. The molecule has 0 fully saturated rings. The lowest BCUT2D eigenvalue weighted by Crippen LogP contribution is -2.28. The number of methoxy groups -OCH3 is 1. The van der Waals surface area contributed by atoms with E-state index in [1.54, 1.807) is 18.4 Å². The number of benzene rings is 1. The van der Waals surface area contributed by atoms with Gasteiger partial charge >= 0.3 is 0 Å². The predicted molar refractivity (Wildman–Crippen MR) is 98.9 cm³/mol. The first-order valence-corrected chi connectivity index (χ1v) is 9.46. The number of amides is 1. The number of carbonyl (C=O) groups is 1. The molecule has 0 aliphatic rings. The van der Waals surface area contributed by atoms with Gasteiger partial charge < -0.3 is 10.1 Å². The van der Waals surface area contributed by atoms with Crippen LogP contribution in [0.25, 0.3) is 10.6 Å². The SMILES string of the molecule is CCC(NC(=O)c1csc(-c2ccsc2)n1)c1ccc(OC)cc1. The van der Waals surface area contributed by atoms with Gasteiger partial charge in [0.2, 0.25) is 0 Å². The molecule has 2 aromatic heterocycles. The largest absolute Gasteiger partial charge is 0.497 e. The third kappa shape index (κ3) is 3.66. The first kappa shape index (κ1) is 16.7. The zero-order valence-corrected chi connectivity index (χ0v) is 15.1. The minimum absolute atomic E-state index is 0.0466. The molecule has 2 heterocycles. The minimum atomic E-state index is -0.143. The van der Waals surface area contributed by atoms with Gasteiger partial charge in [-0.3, -0.25) is 4.79 Å². The Morgan fingerprint density at radius 3 is 2.67 bits per heavy atom. The van der Waals surface area contributed by atoms with Crippen LogP contribution in [0, 0.1) is 0 Å². The van der Waals surface area contributed by atoms with Crippen LogP contribution in [0.3, 0.4) is 0 Å². The number of carbonyl (C=O) groups excluding carboxylic acids is 1. The van der Waals surface area contributed by atoms with Crippen LogP contribution in [0.2, 0.25) is 0 Å². The summed E-state index contributed by atoms with van der Waals surface area (Å²) in [5.74, 6) is 0.662. The van der Waals surface area contributed by atoms with E-state index in [4.69, 9.17) is 4.74 Å². The number of thiazole rings is 1. The number of thiophene rings is 1. The van der Waals surface area contributed by atoms with E-state index in [1.165, 1.54) is 11.3 Å². The van der Waals surface area contributed by atoms with Crippen LogP contribution in [0.1, 0.15) is 35.4 Å². The highest BCUT2D eigenvalue weighted by Crippen LogP contribution is 2.26. The predicted octanol–water partition coefficient (Wildman–Crippen LogP) is 4.76. The third-order valence-corrected chi connectivity index (χ3v) is 5.31. The van der Waals surface area contributed by atoms with E-state index in [0.717, 1.165) is 28.3 Å². The highest BCUT2D eigenvalue weighted by Gasteiger charge is 2.17. The molecule has 24 heavy (non-hydrogen) atoms. The number of hydrogen-bond donors (Lipinski definition) is 1. The van der Waals surface area contributed by atoms with Crippen LogP contribution in [0.4, 0.5) is 0 Å². The van der Waals surface area contributed by atoms with E-state index in [-0.39, 0.29) is 11.9 Å². The second-order valence-corrected chi connectivity index (χ2v) is 6.90. The van der Waals surface area contributed by atoms with Crippen molar-refractivity contribution in [3.05, 3.63) is 57.7 Å². The Bertz CT molecular complexity index is 795. The van der Waals surface area contributed by atoms with Gasteiger partial charge in [0.1, 0.15) is 16.5 Å². The van der Waals surface area contributed by atoms with E-state index in [9.17, 15) is 4.79 Å². The molecule has 3 aromatic rings. The first-order valence-electron chi connectivity index (χ1n) is 7.64. The van der Waals surface area contributed by atoms with Crippen molar-refractivity contribution in [2.75, 3.05) is 7.11 Å². The fraction of sp³-hybridized carbons (Fsp3) is 0.222. The van der Waals surface area contributed by atoms with Gasteiger partial charge in [0, 0.05) is 16.3 Å². The summed E-state index contributed by atoms with van der Waals surface area (Å²) in [6, 6.07) is 9.73. The summed E-state index contributed by atoms with van der Waals surface area (Å²) in [4.78, 5) is 17.0. The van der Waals surface area contributed by atoms with Crippen LogP contribution in [-0.2, 0) is 0 Å². The maximum Gasteiger partial charge on any atom is 0.271 e. The fourth-order valence-electron chi connectivity index (χ4n) is 2.39. The maximum absolute atomic E-state index is 12.5. The lowest BCUT2D eigenvalue weighted by atomic mass is 10.0. The van der Waals surface area contributed by atoms with Gasteiger partial charge in [-0.2, -0.15) is 11.3 Å². The number of rotatable bonds is 6. The molecule has 0 spiro atoms. The van der Waals surface area contributed by atoms with E-state index >= 15 is 0 Å². The van der Waals surface area contributed by atoms with Gasteiger partial charge in [0.15, 0.2) is 0 Å². The molecule has 1 unspecified atom stereocenters. The average Bonchev–Trinajstić information content (AvgIpc) is 3.30. The van der Waals surface area contributed by atoms with Crippen molar-refractivity contribution in [1.29, 1.82) is 0 Å². The number of aromatic nitrogens is 1. The van der Waals surface area contributed by atoms with Crippen LogP contribution in [0.15, 0.2) is 46.5 Å². The molecular weight excluding hydrogens is 340 g/mol. The Morgan fingerprint density at radius 1 is 1.25 bits per heavy atom. The third-order valence-electron chi connectivity index (χ3n) is 3.74. The van der Waals surface area contributed by atoms with Gasteiger partial charge in [-0.25, -0.2) is 4.98 Å². The van der Waals surface area contributed by atoms with Gasteiger partial charge in [0.25, 0.3) is 5.91 Å². The van der Waals surface area contributed by atoms with E-state index in [0.29, 0.717) is 5.69 Å². The van der Waals surface area contributed by atoms with E-state index < -0.39 is 0 Å². The summed E-state index contributed by atoms with van der Waals surface area (Å²) in [6.07, 6.45) is 0.805. The Labute approximate surface area is 149 Å². The molecule has 3 rings (SSSR count). The molecule has 1 amide bonds. The minimum Gasteiger partial charge on any atom is -0.497 e. The molecule has 0 aliphatic heterocycles. The standard InChI is InChI=1S/C18H18N2O2S2/c1-3-15(12-4-6-14(22-2)7-5-12)19-17(21)16-11-24-18(20-16)13-8-9-23-10-13/h4-11,15H,3H2,1-2H3,(H,19,21). The highest BCUT2D eigenvalue weighted by molar-refractivity contribution is 7.14. The number of ether oxygens (including phenoxy) is 1. The van der Waals surface area contributed by atoms with Crippen molar-refractivity contribution in [3.8, 4) is 16.3 Å². The van der Waals surface area contributed by atoms with Crippen LogP contribution >= 0.6 is 22.7 Å². The van der Waals surface area contributed by atoms with Crippen LogP contribution in [-0.4, -0.2) is 18.0 Å². The molecule has 6 heteroatoms. The van der Waals surface area contributed by atoms with Crippen molar-refractivity contribution in [2.45, 2.75) is 19.4 Å². The van der Waals surface area contributed by atoms with Crippen molar-refractivity contribution in [1.82, 2.24) is 10.3 Å². The molecule has 0 saturated heterocycles. The smallest absolute Gasteiger partial charge is 0.271 e. The first-order chi connectivity index (χ1) is 11.7. The van der Waals surface area contributed by atoms with Crippen LogP contribution in [0.5, 0.6) is 5.75 Å². The number of nitrogens with one attached hydrogen (secondary N) is 1. The summed E-state index contributed by atoms with van der Waals surface area (Å²) in [7, 11) is 1.64. The monoisotopic (exact) mass is 358 g/mol. The Balaban J connectivity index is 1.72. The summed E-state index contributed by atoms with van der Waals surface area (Å²) in [5, 5.41) is 9.79. The maximum atomic E-state index is 12.5. The van der Waals surface area contributed by atoms with Crippen molar-refractivity contribution in [3.63, 3.8) is 0 Å². The molecular formula is C18H18N2O2S2. The van der Waals surface area contributed by atoms with Crippen molar-refractivity contribution >= 4 is 28.6 Å². The molecule has 0 bridgehead atoms. The molecule has 1 N–H and O–H groups in total. The molecule has 1 aromatic carbocycles. The number of nitrogens with zero attached hydrogens (tertiary/aromatic N) is 1. The Morgan fingerprint density at radius 2 is 2.04 bits per heavy atom. The van der Waals surface area contributed by atoms with Crippen molar-refractivity contribution < 1.29 is 9.53 Å². The summed E-state index contributed by atoms with van der Waals surface area (Å²) in [5.41, 5.74) is 2.58. The molecule has 1 atom stereocenters. The molecule has 124 valence electrons. The summed E-state index contributed by atoms with van der Waals surface area (Å²) < 4.78 is 5.18. The zero-order valence-electron chi connectivity index (χ0n) is 13.5. The van der Waals surface area contributed by atoms with Gasteiger partial charge in [-0.05, 0) is 35.6 Å². The lowest BCUT2D eigenvalue weighted by molar-refractivity contribution is 0.0931. The molecule has 0 saturated carbocycles. The lowest BCUT2D eigenvalue weighted by Gasteiger charge is -2.17. The average molecular weight is 358 g/mol. The normalized spacial score (nSPS) is 11.9.